The summed E-state index contributed by atoms with van der Waals surface area (Å²) in [6.45, 7) is 0. The highest BCUT2D eigenvalue weighted by Gasteiger charge is 2.28. The molecule has 0 saturated heterocycles. The van der Waals surface area contributed by atoms with E-state index in [0.717, 1.165) is 0 Å². The highest BCUT2D eigenvalue weighted by atomic mass is 32.2. The Balaban J connectivity index is 2.80. The minimum absolute atomic E-state index is 0.238. The predicted octanol–water partition coefficient (Wildman–Crippen LogP) is -1.82. The Morgan fingerprint density at radius 2 is 1.69 bits per heavy atom. The Hall–Kier alpha value is -2.99. The number of sulfonamides is 2. The van der Waals surface area contributed by atoms with Gasteiger partial charge in [-0.3, -0.25) is 28.8 Å². The molecule has 0 unspecified atom stereocenters. The van der Waals surface area contributed by atoms with Crippen molar-refractivity contribution in [1.82, 2.24) is 9.55 Å². The second kappa shape index (κ2) is 7.27. The number of H-pyrrole nitrogens is 1. The van der Waals surface area contributed by atoms with Crippen molar-refractivity contribution in [1.29, 1.82) is 0 Å². The Kier molecular flexibility index (Phi) is 5.38. The molecule has 1 aromatic heterocycles. The van der Waals surface area contributed by atoms with E-state index in [1.165, 1.54) is 0 Å². The second-order valence-corrected chi connectivity index (χ2v) is 11.2. The normalized spacial score (nSPS) is 13.0. The Bertz CT molecular complexity index is 1720. The van der Waals surface area contributed by atoms with Gasteiger partial charge in [0.05, 0.1) is 31.1 Å². The molecule has 0 aliphatic carbocycles. The van der Waals surface area contributed by atoms with Gasteiger partial charge in [-0.15, -0.1) is 0 Å². The zero-order valence-electron chi connectivity index (χ0n) is 15.3. The van der Waals surface area contributed by atoms with E-state index in [1.807, 2.05) is 4.98 Å². The first-order valence-corrected chi connectivity index (χ1v) is 12.8. The molecule has 0 bridgehead atoms. The van der Waals surface area contributed by atoms with E-state index < -0.39 is 87.3 Å². The van der Waals surface area contributed by atoms with E-state index in [-0.39, 0.29) is 4.57 Å². The Morgan fingerprint density at radius 3 is 2.16 bits per heavy atom. The molecule has 3 rings (SSSR count). The van der Waals surface area contributed by atoms with Crippen LogP contribution in [0.15, 0.2) is 37.6 Å². The van der Waals surface area contributed by atoms with Gasteiger partial charge in [0.2, 0.25) is 20.0 Å². The van der Waals surface area contributed by atoms with Crippen molar-refractivity contribution in [3.8, 4) is 0 Å². The van der Waals surface area contributed by atoms with Crippen LogP contribution in [0.2, 0.25) is 0 Å². The zero-order chi connectivity index (χ0) is 24.4. The predicted molar refractivity (Wildman–Crippen MR) is 108 cm³/mol. The van der Waals surface area contributed by atoms with Crippen LogP contribution in [-0.2, 0) is 30.9 Å². The van der Waals surface area contributed by atoms with Crippen molar-refractivity contribution in [2.75, 3.05) is 0 Å². The number of non-ortho nitro benzene ring substituents is 1. The van der Waals surface area contributed by atoms with Crippen molar-refractivity contribution in [2.24, 2.45) is 10.3 Å². The van der Waals surface area contributed by atoms with Gasteiger partial charge in [-0.1, -0.05) is 0 Å². The largest absolute Gasteiger partial charge is 0.345 e. The first-order valence-electron chi connectivity index (χ1n) is 7.94. The van der Waals surface area contributed by atoms with E-state index in [0.29, 0.717) is 18.2 Å². The molecule has 0 aliphatic heterocycles. The topological polar surface area (TPSA) is 276 Å². The lowest BCUT2D eigenvalue weighted by Crippen LogP contribution is -2.36. The zero-order valence-corrected chi connectivity index (χ0v) is 17.8. The van der Waals surface area contributed by atoms with E-state index in [1.54, 1.807) is 0 Å². The van der Waals surface area contributed by atoms with Gasteiger partial charge in [-0.05, 0) is 12.1 Å². The minimum Gasteiger partial charge on any atom is -0.323 e. The number of nitro benzene ring substituents is 1. The third kappa shape index (κ3) is 4.19. The number of nitrogens with two attached hydrogens (primary N) is 2. The van der Waals surface area contributed by atoms with E-state index in [9.17, 15) is 50.9 Å². The number of hydrogen-bond acceptors (Lipinski definition) is 9. The molecule has 3 aromatic rings. The van der Waals surface area contributed by atoms with Crippen LogP contribution in [0.5, 0.6) is 0 Å². The standard InChI is InChI=1S/C13H12N5O11PS2/c14-31(26,27)5-1-6-7(18(21)22)3-8-11(10(6)9(2-5)32(15,28)29)16-12(19)13(20)17(8)4-30(23,24)25/h1-3H,4H2,(H,16,19)(H2,14,26,27)(H2,15,28,29)(H2,23,24,25). The van der Waals surface area contributed by atoms with Gasteiger partial charge in [0.1, 0.15) is 6.29 Å². The molecule has 32 heavy (non-hydrogen) atoms. The molecule has 172 valence electrons. The lowest BCUT2D eigenvalue weighted by atomic mass is 10.1. The maximum absolute atomic E-state index is 12.2. The summed E-state index contributed by atoms with van der Waals surface area (Å²) in [5, 5.41) is 20.5. The van der Waals surface area contributed by atoms with Crippen LogP contribution >= 0.6 is 7.60 Å². The van der Waals surface area contributed by atoms with Crippen LogP contribution in [0.3, 0.4) is 0 Å². The summed E-state index contributed by atoms with van der Waals surface area (Å²) in [6, 6.07) is 1.77. The van der Waals surface area contributed by atoms with Crippen LogP contribution in [0, 0.1) is 10.1 Å². The molecule has 0 radical (unpaired) electrons. The summed E-state index contributed by atoms with van der Waals surface area (Å²) in [5.74, 6) is 0. The minimum atomic E-state index is -5.01. The molecule has 0 saturated carbocycles. The van der Waals surface area contributed by atoms with E-state index in [2.05, 4.69) is 0 Å². The van der Waals surface area contributed by atoms with Crippen molar-refractivity contribution >= 4 is 55.1 Å². The van der Waals surface area contributed by atoms with Crippen LogP contribution in [0.4, 0.5) is 5.69 Å². The molecule has 2 aromatic carbocycles. The van der Waals surface area contributed by atoms with Crippen LogP contribution in [-0.4, -0.2) is 41.1 Å². The van der Waals surface area contributed by atoms with Gasteiger partial charge in [-0.2, -0.15) is 0 Å². The third-order valence-corrected chi connectivity index (χ3v) is 6.74. The molecule has 0 amide bonds. The lowest BCUT2D eigenvalue weighted by Gasteiger charge is -2.15. The molecule has 0 atom stereocenters. The fraction of sp³-hybridized carbons (Fsp3) is 0.0769. The summed E-state index contributed by atoms with van der Waals surface area (Å²) >= 11 is 0. The highest BCUT2D eigenvalue weighted by Crippen LogP contribution is 2.40. The highest BCUT2D eigenvalue weighted by molar-refractivity contribution is 7.90. The molecule has 1 heterocycles. The number of rotatable bonds is 5. The number of primary sulfonamides is 2. The monoisotopic (exact) mass is 509 g/mol. The number of nitrogens with one attached hydrogen (secondary N) is 1. The quantitative estimate of drug-likeness (QED) is 0.0839. The first-order chi connectivity index (χ1) is 14.4. The van der Waals surface area contributed by atoms with E-state index >= 15 is 0 Å². The average Bonchev–Trinajstić information content (AvgIpc) is 2.61. The van der Waals surface area contributed by atoms with E-state index in [4.69, 9.17) is 10.3 Å². The molecular weight excluding hydrogens is 497 g/mol. The van der Waals surface area contributed by atoms with Crippen molar-refractivity contribution in [3.63, 3.8) is 0 Å². The Labute approximate surface area is 176 Å². The molecule has 0 spiro atoms. The van der Waals surface area contributed by atoms with Crippen molar-refractivity contribution in [3.05, 3.63) is 49.0 Å². The second-order valence-electron chi connectivity index (χ2n) is 6.47. The number of aromatic amines is 1. The number of hydrogen-bond donors (Lipinski definition) is 5. The average molecular weight is 509 g/mol. The van der Waals surface area contributed by atoms with Gasteiger partial charge in [-0.25, -0.2) is 27.1 Å². The summed E-state index contributed by atoms with van der Waals surface area (Å²) in [4.78, 5) is 53.6. The molecule has 16 nitrogen and oxygen atoms in total. The first kappa shape index (κ1) is 23.7. The van der Waals surface area contributed by atoms with Crippen molar-refractivity contribution < 1.29 is 36.1 Å². The number of benzene rings is 2. The fourth-order valence-electron chi connectivity index (χ4n) is 3.06. The van der Waals surface area contributed by atoms with Crippen LogP contribution in [0.25, 0.3) is 21.8 Å². The van der Waals surface area contributed by atoms with Gasteiger partial charge < -0.3 is 14.8 Å². The van der Waals surface area contributed by atoms with Crippen LogP contribution < -0.4 is 21.4 Å². The number of aromatic nitrogens is 2. The number of fused-ring (bicyclic) bond motifs is 3. The van der Waals surface area contributed by atoms with Gasteiger partial charge in [0, 0.05) is 11.5 Å². The smallest absolute Gasteiger partial charge is 0.323 e. The molecule has 7 N–H and O–H groups in total. The van der Waals surface area contributed by atoms with Crippen LogP contribution in [0.1, 0.15) is 0 Å². The third-order valence-electron chi connectivity index (χ3n) is 4.26. The molecule has 0 fully saturated rings. The van der Waals surface area contributed by atoms with Gasteiger partial charge in [0.25, 0.3) is 5.69 Å². The van der Waals surface area contributed by atoms with Crippen molar-refractivity contribution in [2.45, 2.75) is 16.1 Å². The summed E-state index contributed by atoms with van der Waals surface area (Å²) < 4.78 is 59.7. The maximum atomic E-state index is 12.2. The summed E-state index contributed by atoms with van der Waals surface area (Å²) in [6.07, 6.45) is -1.37. The fourth-order valence-corrected chi connectivity index (χ4v) is 5.14. The van der Waals surface area contributed by atoms with Gasteiger partial charge >= 0.3 is 18.7 Å². The molecule has 0 aliphatic rings. The summed E-state index contributed by atoms with van der Waals surface area (Å²) in [5.41, 5.74) is -5.10. The SMILES string of the molecule is NS(=O)(=O)c1cc(S(N)(=O)=O)c2c(c1)c([N+](=O)[O-])cc1c2[nH]c(=O)c(=O)n1CP(=O)(O)O. The lowest BCUT2D eigenvalue weighted by molar-refractivity contribution is -0.383. The maximum Gasteiger partial charge on any atom is 0.345 e. The number of nitrogens with zero attached hydrogens (tertiary/aromatic N) is 2. The Morgan fingerprint density at radius 1 is 1.09 bits per heavy atom. The molecular formula is C13H12N5O11PS2. The number of nitro groups is 1. The van der Waals surface area contributed by atoms with Gasteiger partial charge in [0.15, 0.2) is 0 Å². The molecule has 19 heteroatoms. The summed E-state index contributed by atoms with van der Waals surface area (Å²) in [7, 11) is -14.4.